The maximum Gasteiger partial charge on any atom is 0.0224 e. The first kappa shape index (κ1) is 12.9. The average molecular weight is 213 g/mol. The second-order valence-electron chi connectivity index (χ2n) is 5.33. The van der Waals surface area contributed by atoms with Crippen LogP contribution in [0.4, 0.5) is 0 Å². The van der Waals surface area contributed by atoms with Crippen LogP contribution in [0.5, 0.6) is 0 Å². The van der Waals surface area contributed by atoms with Crippen molar-refractivity contribution in [2.45, 2.75) is 26.3 Å². The zero-order chi connectivity index (χ0) is 11.3. The summed E-state index contributed by atoms with van der Waals surface area (Å²) in [7, 11) is 4.30. The normalized spacial score (nSPS) is 24.0. The Hall–Kier alpha value is -0.120. The molecule has 1 rings (SSSR count). The van der Waals surface area contributed by atoms with Crippen molar-refractivity contribution in [3.05, 3.63) is 0 Å². The standard InChI is InChI=1S/C12H27N3/c1-11(2)9-12-10-13-5-6-15(12)8-7-14(3)4/h11-13H,5-10H2,1-4H3. The third kappa shape index (κ3) is 4.96. The highest BCUT2D eigenvalue weighted by molar-refractivity contribution is 4.80. The van der Waals surface area contributed by atoms with Gasteiger partial charge >= 0.3 is 0 Å². The quantitative estimate of drug-likeness (QED) is 0.731. The van der Waals surface area contributed by atoms with E-state index in [-0.39, 0.29) is 0 Å². The minimum Gasteiger partial charge on any atom is -0.314 e. The Labute approximate surface area is 94.8 Å². The van der Waals surface area contributed by atoms with E-state index < -0.39 is 0 Å². The van der Waals surface area contributed by atoms with E-state index in [1.807, 2.05) is 0 Å². The third-order valence-corrected chi connectivity index (χ3v) is 3.05. The molecule has 1 unspecified atom stereocenters. The van der Waals surface area contributed by atoms with Crippen LogP contribution in [0, 0.1) is 5.92 Å². The Kier molecular flexibility index (Phi) is 5.58. The Morgan fingerprint density at radius 1 is 1.40 bits per heavy atom. The van der Waals surface area contributed by atoms with Crippen LogP contribution in [0.3, 0.4) is 0 Å². The third-order valence-electron chi connectivity index (χ3n) is 3.05. The van der Waals surface area contributed by atoms with Crippen molar-refractivity contribution in [3.8, 4) is 0 Å². The largest absolute Gasteiger partial charge is 0.314 e. The summed E-state index contributed by atoms with van der Waals surface area (Å²) >= 11 is 0. The maximum atomic E-state index is 3.50. The van der Waals surface area contributed by atoms with E-state index in [1.165, 1.54) is 32.6 Å². The number of nitrogens with zero attached hydrogens (tertiary/aromatic N) is 2. The summed E-state index contributed by atoms with van der Waals surface area (Å²) < 4.78 is 0. The summed E-state index contributed by atoms with van der Waals surface area (Å²) in [6.07, 6.45) is 1.32. The smallest absolute Gasteiger partial charge is 0.0224 e. The summed E-state index contributed by atoms with van der Waals surface area (Å²) in [5, 5.41) is 3.50. The van der Waals surface area contributed by atoms with Gasteiger partial charge in [0, 0.05) is 38.8 Å². The molecule has 0 aromatic rings. The van der Waals surface area contributed by atoms with Gasteiger partial charge in [-0.15, -0.1) is 0 Å². The summed E-state index contributed by atoms with van der Waals surface area (Å²) in [6.45, 7) is 10.6. The molecule has 90 valence electrons. The lowest BCUT2D eigenvalue weighted by molar-refractivity contribution is 0.131. The number of hydrogen-bond acceptors (Lipinski definition) is 3. The van der Waals surface area contributed by atoms with Crippen LogP contribution in [-0.2, 0) is 0 Å². The van der Waals surface area contributed by atoms with E-state index in [1.54, 1.807) is 0 Å². The van der Waals surface area contributed by atoms with Crippen molar-refractivity contribution in [3.63, 3.8) is 0 Å². The average Bonchev–Trinajstić information content (AvgIpc) is 2.15. The van der Waals surface area contributed by atoms with Crippen LogP contribution in [0.15, 0.2) is 0 Å². The van der Waals surface area contributed by atoms with E-state index in [0.29, 0.717) is 0 Å². The van der Waals surface area contributed by atoms with Gasteiger partial charge in [-0.25, -0.2) is 0 Å². The Morgan fingerprint density at radius 3 is 2.73 bits per heavy atom. The van der Waals surface area contributed by atoms with E-state index in [9.17, 15) is 0 Å². The molecule has 3 heteroatoms. The van der Waals surface area contributed by atoms with Gasteiger partial charge in [0.05, 0.1) is 0 Å². The Bertz CT molecular complexity index is 168. The van der Waals surface area contributed by atoms with Crippen molar-refractivity contribution < 1.29 is 0 Å². The number of nitrogens with one attached hydrogen (secondary N) is 1. The van der Waals surface area contributed by atoms with Crippen molar-refractivity contribution in [1.82, 2.24) is 15.1 Å². The van der Waals surface area contributed by atoms with Gasteiger partial charge in [0.15, 0.2) is 0 Å². The number of piperazine rings is 1. The van der Waals surface area contributed by atoms with Crippen molar-refractivity contribution in [2.75, 3.05) is 46.8 Å². The van der Waals surface area contributed by atoms with Gasteiger partial charge in [-0.05, 0) is 26.4 Å². The molecule has 1 N–H and O–H groups in total. The fourth-order valence-corrected chi connectivity index (χ4v) is 2.20. The molecule has 0 aliphatic carbocycles. The van der Waals surface area contributed by atoms with E-state index in [4.69, 9.17) is 0 Å². The van der Waals surface area contributed by atoms with Gasteiger partial charge in [-0.3, -0.25) is 4.90 Å². The summed E-state index contributed by atoms with van der Waals surface area (Å²) in [5.41, 5.74) is 0. The zero-order valence-corrected chi connectivity index (χ0v) is 10.8. The molecule has 0 bridgehead atoms. The molecule has 0 aromatic heterocycles. The molecule has 0 aromatic carbocycles. The van der Waals surface area contributed by atoms with Gasteiger partial charge in [0.1, 0.15) is 0 Å². The van der Waals surface area contributed by atoms with Crippen LogP contribution in [0.1, 0.15) is 20.3 Å². The van der Waals surface area contributed by atoms with Gasteiger partial charge in [0.25, 0.3) is 0 Å². The highest BCUT2D eigenvalue weighted by Gasteiger charge is 2.22. The SMILES string of the molecule is CC(C)CC1CNCCN1CCN(C)C. The molecule has 0 radical (unpaired) electrons. The molecule has 15 heavy (non-hydrogen) atoms. The van der Waals surface area contributed by atoms with Gasteiger partial charge in [-0.1, -0.05) is 13.8 Å². The predicted octanol–water partition coefficient (Wildman–Crippen LogP) is 0.868. The fourth-order valence-electron chi connectivity index (χ4n) is 2.20. The molecule has 1 atom stereocenters. The Morgan fingerprint density at radius 2 is 2.13 bits per heavy atom. The topological polar surface area (TPSA) is 18.5 Å². The van der Waals surface area contributed by atoms with Crippen LogP contribution in [0.2, 0.25) is 0 Å². The van der Waals surface area contributed by atoms with E-state index in [0.717, 1.165) is 18.5 Å². The van der Waals surface area contributed by atoms with Crippen LogP contribution in [-0.4, -0.2) is 62.7 Å². The lowest BCUT2D eigenvalue weighted by atomic mass is 10.0. The maximum absolute atomic E-state index is 3.50. The van der Waals surface area contributed by atoms with Gasteiger partial charge in [-0.2, -0.15) is 0 Å². The van der Waals surface area contributed by atoms with Gasteiger partial charge < -0.3 is 10.2 Å². The number of hydrogen-bond donors (Lipinski definition) is 1. The second kappa shape index (κ2) is 6.46. The Balaban J connectivity index is 2.35. The van der Waals surface area contributed by atoms with Crippen LogP contribution in [0.25, 0.3) is 0 Å². The molecule has 0 spiro atoms. The van der Waals surface area contributed by atoms with Crippen molar-refractivity contribution in [1.29, 1.82) is 0 Å². The van der Waals surface area contributed by atoms with Crippen LogP contribution < -0.4 is 5.32 Å². The molecular weight excluding hydrogens is 186 g/mol. The minimum atomic E-state index is 0.749. The summed E-state index contributed by atoms with van der Waals surface area (Å²) in [5.74, 6) is 0.803. The first-order valence-corrected chi connectivity index (χ1v) is 6.19. The van der Waals surface area contributed by atoms with Crippen molar-refractivity contribution in [2.24, 2.45) is 5.92 Å². The number of rotatable bonds is 5. The first-order chi connectivity index (χ1) is 7.09. The molecule has 1 aliphatic heterocycles. The highest BCUT2D eigenvalue weighted by atomic mass is 15.2. The lowest BCUT2D eigenvalue weighted by Gasteiger charge is -2.37. The van der Waals surface area contributed by atoms with E-state index >= 15 is 0 Å². The summed E-state index contributed by atoms with van der Waals surface area (Å²) in [4.78, 5) is 4.92. The highest BCUT2D eigenvalue weighted by Crippen LogP contribution is 2.12. The lowest BCUT2D eigenvalue weighted by Crippen LogP contribution is -2.53. The molecule has 1 heterocycles. The molecule has 1 aliphatic rings. The monoisotopic (exact) mass is 213 g/mol. The zero-order valence-electron chi connectivity index (χ0n) is 10.8. The molecule has 3 nitrogen and oxygen atoms in total. The minimum absolute atomic E-state index is 0.749. The van der Waals surface area contributed by atoms with Crippen LogP contribution >= 0.6 is 0 Å². The fraction of sp³-hybridized carbons (Fsp3) is 1.00. The second-order valence-corrected chi connectivity index (χ2v) is 5.33. The molecule has 1 fully saturated rings. The molecule has 0 amide bonds. The molecule has 0 saturated carbocycles. The molecular formula is C12H27N3. The van der Waals surface area contributed by atoms with E-state index in [2.05, 4.69) is 43.1 Å². The van der Waals surface area contributed by atoms with Gasteiger partial charge in [0.2, 0.25) is 0 Å². The first-order valence-electron chi connectivity index (χ1n) is 6.19. The summed E-state index contributed by atoms with van der Waals surface area (Å²) in [6, 6.07) is 0.749. The predicted molar refractivity (Wildman–Crippen MR) is 66.2 cm³/mol. The molecule has 1 saturated heterocycles. The number of likely N-dealkylation sites (N-methyl/N-ethyl adjacent to an activating group) is 1. The van der Waals surface area contributed by atoms with Crippen molar-refractivity contribution >= 4 is 0 Å².